The number of rotatable bonds is 6. The predicted octanol–water partition coefficient (Wildman–Crippen LogP) is 6.09. The summed E-state index contributed by atoms with van der Waals surface area (Å²) in [6, 6.07) is 6.93. The van der Waals surface area contributed by atoms with E-state index in [-0.39, 0.29) is 35.2 Å². The standard InChI is InChI=1S/C24H34Cl2N4O2/c1-15(2)29(22(32)13-23(3,4)5)14-21(31)27-20-12-19(24(6,7)8)28-30(20)16-9-10-17(25)18(26)11-16/h9-12,15H,13-14H2,1-8H3,(H,27,31). The summed E-state index contributed by atoms with van der Waals surface area (Å²) in [6.07, 6.45) is 0.369. The van der Waals surface area contributed by atoms with Crippen molar-refractivity contribution in [3.8, 4) is 5.69 Å². The maximum atomic E-state index is 13.0. The number of hydrogen-bond donors (Lipinski definition) is 1. The van der Waals surface area contributed by atoms with Crippen molar-refractivity contribution in [3.05, 3.63) is 40.0 Å². The molecule has 0 saturated heterocycles. The van der Waals surface area contributed by atoms with Crippen molar-refractivity contribution >= 4 is 40.8 Å². The molecule has 1 N–H and O–H groups in total. The Kier molecular flexibility index (Phi) is 8.05. The molecular formula is C24H34Cl2N4O2. The lowest BCUT2D eigenvalue weighted by Crippen LogP contribution is -2.43. The first-order valence-electron chi connectivity index (χ1n) is 10.7. The average Bonchev–Trinajstić information content (AvgIpc) is 3.04. The summed E-state index contributed by atoms with van der Waals surface area (Å²) in [7, 11) is 0. The van der Waals surface area contributed by atoms with E-state index in [2.05, 4.69) is 5.32 Å². The fourth-order valence-electron chi connectivity index (χ4n) is 3.10. The van der Waals surface area contributed by atoms with E-state index in [4.69, 9.17) is 28.3 Å². The van der Waals surface area contributed by atoms with E-state index < -0.39 is 0 Å². The fourth-order valence-corrected chi connectivity index (χ4v) is 3.39. The van der Waals surface area contributed by atoms with E-state index in [1.54, 1.807) is 27.8 Å². The first-order chi connectivity index (χ1) is 14.6. The number of hydrogen-bond acceptors (Lipinski definition) is 3. The van der Waals surface area contributed by atoms with Crippen molar-refractivity contribution in [1.82, 2.24) is 14.7 Å². The van der Waals surface area contributed by atoms with Crippen LogP contribution in [0.2, 0.25) is 10.0 Å². The van der Waals surface area contributed by atoms with E-state index >= 15 is 0 Å². The summed E-state index contributed by atoms with van der Waals surface area (Å²) in [5.74, 6) is 0.170. The smallest absolute Gasteiger partial charge is 0.245 e. The van der Waals surface area contributed by atoms with Crippen LogP contribution in [0, 0.1) is 5.41 Å². The Morgan fingerprint density at radius 1 is 1.06 bits per heavy atom. The molecule has 0 unspecified atom stereocenters. The number of anilines is 1. The summed E-state index contributed by atoms with van der Waals surface area (Å²) in [5.41, 5.74) is 1.10. The molecule has 2 amide bonds. The molecule has 1 aromatic heterocycles. The van der Waals surface area contributed by atoms with Crippen molar-refractivity contribution in [2.45, 2.75) is 73.3 Å². The van der Waals surface area contributed by atoms with Gasteiger partial charge in [-0.25, -0.2) is 4.68 Å². The maximum absolute atomic E-state index is 13.0. The molecule has 6 nitrogen and oxygen atoms in total. The minimum Gasteiger partial charge on any atom is -0.331 e. The minimum absolute atomic E-state index is 0.0377. The number of carbonyl (C=O) groups is 2. The Labute approximate surface area is 201 Å². The SMILES string of the molecule is CC(C)N(CC(=O)Nc1cc(C(C)(C)C)nn1-c1ccc(Cl)c(Cl)c1)C(=O)CC(C)(C)C. The number of nitrogens with zero attached hydrogens (tertiary/aromatic N) is 3. The van der Waals surface area contributed by atoms with Crippen LogP contribution in [0.3, 0.4) is 0 Å². The van der Waals surface area contributed by atoms with Crippen molar-refractivity contribution in [2.75, 3.05) is 11.9 Å². The van der Waals surface area contributed by atoms with E-state index in [0.717, 1.165) is 5.69 Å². The third-order valence-corrected chi connectivity index (χ3v) is 5.57. The van der Waals surface area contributed by atoms with Gasteiger partial charge in [0.1, 0.15) is 12.4 Å². The molecule has 0 radical (unpaired) electrons. The largest absolute Gasteiger partial charge is 0.331 e. The van der Waals surface area contributed by atoms with Crippen molar-refractivity contribution in [1.29, 1.82) is 0 Å². The molecule has 0 fully saturated rings. The minimum atomic E-state index is -0.289. The van der Waals surface area contributed by atoms with Gasteiger partial charge in [0, 0.05) is 23.9 Å². The van der Waals surface area contributed by atoms with E-state index in [1.165, 1.54) is 0 Å². The second kappa shape index (κ2) is 9.84. The molecule has 176 valence electrons. The van der Waals surface area contributed by atoms with Crippen LogP contribution in [0.25, 0.3) is 5.69 Å². The zero-order chi connectivity index (χ0) is 24.4. The van der Waals surface area contributed by atoms with Gasteiger partial charge in [-0.1, -0.05) is 64.7 Å². The first kappa shape index (κ1) is 26.2. The normalized spacial score (nSPS) is 12.2. The summed E-state index contributed by atoms with van der Waals surface area (Å²) in [6.45, 7) is 15.9. The molecule has 0 atom stereocenters. The van der Waals surface area contributed by atoms with Gasteiger partial charge in [0.15, 0.2) is 0 Å². The van der Waals surface area contributed by atoms with Crippen molar-refractivity contribution in [2.24, 2.45) is 5.41 Å². The summed E-state index contributed by atoms with van der Waals surface area (Å²) >= 11 is 12.3. The Balaban J connectivity index is 2.33. The van der Waals surface area contributed by atoms with Gasteiger partial charge in [0.05, 0.1) is 21.4 Å². The number of aromatic nitrogens is 2. The van der Waals surface area contributed by atoms with Gasteiger partial charge in [0.2, 0.25) is 11.8 Å². The molecule has 2 aromatic rings. The average molecular weight is 481 g/mol. The molecule has 0 saturated carbocycles. The van der Waals surface area contributed by atoms with Crippen LogP contribution >= 0.6 is 23.2 Å². The Morgan fingerprint density at radius 3 is 2.19 bits per heavy atom. The first-order valence-corrected chi connectivity index (χ1v) is 11.5. The van der Waals surface area contributed by atoms with E-state index in [9.17, 15) is 9.59 Å². The zero-order valence-electron chi connectivity index (χ0n) is 20.2. The quantitative estimate of drug-likeness (QED) is 0.543. The van der Waals surface area contributed by atoms with Crippen LogP contribution in [-0.2, 0) is 15.0 Å². The monoisotopic (exact) mass is 480 g/mol. The van der Waals surface area contributed by atoms with E-state index in [0.29, 0.717) is 28.0 Å². The van der Waals surface area contributed by atoms with Crippen LogP contribution in [0.5, 0.6) is 0 Å². The molecule has 0 aliphatic heterocycles. The number of carbonyl (C=O) groups excluding carboxylic acids is 2. The number of amides is 2. The van der Waals surface area contributed by atoms with Crippen LogP contribution < -0.4 is 5.32 Å². The molecular weight excluding hydrogens is 447 g/mol. The topological polar surface area (TPSA) is 67.2 Å². The van der Waals surface area contributed by atoms with Gasteiger partial charge >= 0.3 is 0 Å². The Bertz CT molecular complexity index is 985. The van der Waals surface area contributed by atoms with Crippen molar-refractivity contribution < 1.29 is 9.59 Å². The van der Waals surface area contributed by atoms with Gasteiger partial charge in [-0.05, 0) is 37.5 Å². The Morgan fingerprint density at radius 2 is 1.69 bits per heavy atom. The second-order valence-electron chi connectivity index (χ2n) is 10.6. The lowest BCUT2D eigenvalue weighted by atomic mass is 9.91. The molecule has 0 bridgehead atoms. The molecule has 0 aliphatic carbocycles. The molecule has 2 rings (SSSR count). The third-order valence-electron chi connectivity index (χ3n) is 4.83. The summed E-state index contributed by atoms with van der Waals surface area (Å²) in [4.78, 5) is 27.4. The number of halogens is 2. The summed E-state index contributed by atoms with van der Waals surface area (Å²) < 4.78 is 1.64. The van der Waals surface area contributed by atoms with Gasteiger partial charge < -0.3 is 10.2 Å². The van der Waals surface area contributed by atoms with E-state index in [1.807, 2.05) is 61.5 Å². The number of nitrogens with one attached hydrogen (secondary N) is 1. The molecule has 32 heavy (non-hydrogen) atoms. The second-order valence-corrected chi connectivity index (χ2v) is 11.4. The predicted molar refractivity (Wildman–Crippen MR) is 132 cm³/mol. The summed E-state index contributed by atoms with van der Waals surface area (Å²) in [5, 5.41) is 8.46. The van der Waals surface area contributed by atoms with Crippen LogP contribution in [0.4, 0.5) is 5.82 Å². The molecule has 8 heteroatoms. The fraction of sp³-hybridized carbons (Fsp3) is 0.542. The highest BCUT2D eigenvalue weighted by atomic mass is 35.5. The highest BCUT2D eigenvalue weighted by Gasteiger charge is 2.26. The molecule has 1 aromatic carbocycles. The van der Waals surface area contributed by atoms with Crippen LogP contribution in [-0.4, -0.2) is 39.1 Å². The van der Waals surface area contributed by atoms with Gasteiger partial charge in [0.25, 0.3) is 0 Å². The van der Waals surface area contributed by atoms with Crippen LogP contribution in [0.1, 0.15) is 67.5 Å². The lowest BCUT2D eigenvalue weighted by molar-refractivity contribution is -0.138. The maximum Gasteiger partial charge on any atom is 0.245 e. The van der Waals surface area contributed by atoms with Crippen molar-refractivity contribution in [3.63, 3.8) is 0 Å². The molecule has 0 spiro atoms. The highest BCUT2D eigenvalue weighted by Crippen LogP contribution is 2.29. The Hall–Kier alpha value is -2.05. The van der Waals surface area contributed by atoms with Gasteiger partial charge in [-0.2, -0.15) is 5.10 Å². The third kappa shape index (κ3) is 6.97. The van der Waals surface area contributed by atoms with Gasteiger partial charge in [-0.15, -0.1) is 0 Å². The lowest BCUT2D eigenvalue weighted by Gasteiger charge is -2.29. The van der Waals surface area contributed by atoms with Crippen LogP contribution in [0.15, 0.2) is 24.3 Å². The zero-order valence-corrected chi connectivity index (χ0v) is 21.7. The highest BCUT2D eigenvalue weighted by molar-refractivity contribution is 6.42. The van der Waals surface area contributed by atoms with Gasteiger partial charge in [-0.3, -0.25) is 9.59 Å². The number of benzene rings is 1. The molecule has 0 aliphatic rings. The molecule has 1 heterocycles.